The van der Waals surface area contributed by atoms with E-state index in [2.05, 4.69) is 9.46 Å². The summed E-state index contributed by atoms with van der Waals surface area (Å²) < 4.78 is 30.5. The second-order valence-corrected chi connectivity index (χ2v) is 6.71. The average Bonchev–Trinajstić information content (AvgIpc) is 3.02. The van der Waals surface area contributed by atoms with Crippen molar-refractivity contribution in [3.05, 3.63) is 0 Å². The smallest absolute Gasteiger partial charge is 0.306 e. The lowest BCUT2D eigenvalue weighted by Crippen LogP contribution is -2.32. The SMILES string of the molecule is COC(=O)CC1(CS(=O)(=O)NCCCC(=O)O)CC1. The van der Waals surface area contributed by atoms with Crippen molar-refractivity contribution in [1.82, 2.24) is 4.72 Å². The number of nitrogens with one attached hydrogen (secondary N) is 1. The first-order chi connectivity index (χ1) is 8.79. The first-order valence-corrected chi connectivity index (χ1v) is 7.70. The van der Waals surface area contributed by atoms with Gasteiger partial charge >= 0.3 is 11.9 Å². The third-order valence-corrected chi connectivity index (χ3v) is 4.73. The van der Waals surface area contributed by atoms with Crippen LogP contribution in [0.1, 0.15) is 32.1 Å². The summed E-state index contributed by atoms with van der Waals surface area (Å²) in [5.41, 5.74) is -0.494. The van der Waals surface area contributed by atoms with E-state index in [1.165, 1.54) is 7.11 Å². The van der Waals surface area contributed by atoms with E-state index in [1.807, 2.05) is 0 Å². The van der Waals surface area contributed by atoms with Crippen LogP contribution in [-0.4, -0.2) is 44.9 Å². The van der Waals surface area contributed by atoms with Gasteiger partial charge in [0, 0.05) is 13.0 Å². The quantitative estimate of drug-likeness (QED) is 0.461. The molecule has 0 aromatic heterocycles. The van der Waals surface area contributed by atoms with Gasteiger partial charge in [-0.15, -0.1) is 0 Å². The van der Waals surface area contributed by atoms with Crippen LogP contribution in [0.4, 0.5) is 0 Å². The van der Waals surface area contributed by atoms with Crippen molar-refractivity contribution in [2.24, 2.45) is 5.41 Å². The number of ether oxygens (including phenoxy) is 1. The Kier molecular flexibility index (Phi) is 5.30. The molecule has 1 aliphatic rings. The molecule has 1 fully saturated rings. The Hall–Kier alpha value is -1.15. The molecule has 0 heterocycles. The van der Waals surface area contributed by atoms with E-state index in [9.17, 15) is 18.0 Å². The maximum atomic E-state index is 11.8. The maximum Gasteiger partial charge on any atom is 0.306 e. The summed E-state index contributed by atoms with van der Waals surface area (Å²) in [5.74, 6) is -1.47. The predicted molar refractivity (Wildman–Crippen MR) is 67.0 cm³/mol. The van der Waals surface area contributed by atoms with Gasteiger partial charge in [0.05, 0.1) is 19.3 Å². The number of esters is 1. The van der Waals surface area contributed by atoms with Gasteiger partial charge in [-0.25, -0.2) is 13.1 Å². The minimum Gasteiger partial charge on any atom is -0.481 e. The van der Waals surface area contributed by atoms with Gasteiger partial charge < -0.3 is 9.84 Å². The van der Waals surface area contributed by atoms with Gasteiger partial charge in [-0.1, -0.05) is 0 Å². The molecule has 0 atom stereocenters. The Morgan fingerprint density at radius 2 is 2.00 bits per heavy atom. The molecule has 8 heteroatoms. The lowest BCUT2D eigenvalue weighted by atomic mass is 10.1. The van der Waals surface area contributed by atoms with Crippen LogP contribution in [0.3, 0.4) is 0 Å². The van der Waals surface area contributed by atoms with Crippen LogP contribution in [0, 0.1) is 5.41 Å². The highest BCUT2D eigenvalue weighted by molar-refractivity contribution is 7.89. The van der Waals surface area contributed by atoms with Crippen molar-refractivity contribution >= 4 is 22.0 Å². The van der Waals surface area contributed by atoms with Crippen molar-refractivity contribution in [2.45, 2.75) is 32.1 Å². The molecule has 1 aliphatic carbocycles. The summed E-state index contributed by atoms with van der Waals surface area (Å²) >= 11 is 0. The highest BCUT2D eigenvalue weighted by atomic mass is 32.2. The Labute approximate surface area is 112 Å². The number of hydrogen-bond acceptors (Lipinski definition) is 5. The predicted octanol–water partition coefficient (Wildman–Crippen LogP) is 0.114. The zero-order chi connectivity index (χ0) is 14.5. The van der Waals surface area contributed by atoms with E-state index in [4.69, 9.17) is 5.11 Å². The molecule has 7 nitrogen and oxygen atoms in total. The molecule has 0 aromatic carbocycles. The van der Waals surface area contributed by atoms with Crippen LogP contribution in [0.5, 0.6) is 0 Å². The van der Waals surface area contributed by atoms with Crippen molar-refractivity contribution in [3.8, 4) is 0 Å². The number of carboxylic acid groups (broad SMARTS) is 1. The number of hydrogen-bond donors (Lipinski definition) is 2. The van der Waals surface area contributed by atoms with Crippen molar-refractivity contribution in [2.75, 3.05) is 19.4 Å². The summed E-state index contributed by atoms with van der Waals surface area (Å²) in [6.45, 7) is 0.100. The molecule has 0 unspecified atom stereocenters. The fourth-order valence-electron chi connectivity index (χ4n) is 1.85. The lowest BCUT2D eigenvalue weighted by molar-refractivity contribution is -0.142. The van der Waals surface area contributed by atoms with Gasteiger partial charge in [0.15, 0.2) is 0 Å². The molecule has 0 radical (unpaired) electrons. The van der Waals surface area contributed by atoms with E-state index in [0.29, 0.717) is 12.8 Å². The van der Waals surface area contributed by atoms with Crippen LogP contribution in [0.15, 0.2) is 0 Å². The van der Waals surface area contributed by atoms with Gasteiger partial charge in [-0.3, -0.25) is 9.59 Å². The summed E-state index contributed by atoms with van der Waals surface area (Å²) in [6.07, 6.45) is 1.67. The summed E-state index contributed by atoms with van der Waals surface area (Å²) in [5, 5.41) is 8.44. The van der Waals surface area contributed by atoms with Gasteiger partial charge in [-0.05, 0) is 24.7 Å². The fourth-order valence-corrected chi connectivity index (χ4v) is 3.60. The monoisotopic (exact) mass is 293 g/mol. The molecule has 1 saturated carbocycles. The molecular weight excluding hydrogens is 274 g/mol. The molecule has 0 aliphatic heterocycles. The summed E-state index contributed by atoms with van der Waals surface area (Å²) in [6, 6.07) is 0. The van der Waals surface area contributed by atoms with E-state index in [-0.39, 0.29) is 31.6 Å². The van der Waals surface area contributed by atoms with E-state index in [1.54, 1.807) is 0 Å². The fraction of sp³-hybridized carbons (Fsp3) is 0.818. The highest BCUT2D eigenvalue weighted by Gasteiger charge is 2.47. The molecule has 0 spiro atoms. The molecule has 19 heavy (non-hydrogen) atoms. The largest absolute Gasteiger partial charge is 0.481 e. The van der Waals surface area contributed by atoms with E-state index < -0.39 is 27.4 Å². The van der Waals surface area contributed by atoms with E-state index in [0.717, 1.165) is 0 Å². The number of carboxylic acids is 1. The summed E-state index contributed by atoms with van der Waals surface area (Å²) in [7, 11) is -2.20. The first kappa shape index (κ1) is 15.9. The van der Waals surface area contributed by atoms with Gasteiger partial charge in [0.2, 0.25) is 10.0 Å². The molecule has 2 N–H and O–H groups in total. The third kappa shape index (κ3) is 6.02. The number of sulfonamides is 1. The van der Waals surface area contributed by atoms with Crippen LogP contribution < -0.4 is 4.72 Å². The number of rotatable bonds is 9. The topological polar surface area (TPSA) is 110 Å². The van der Waals surface area contributed by atoms with Crippen LogP contribution >= 0.6 is 0 Å². The Morgan fingerprint density at radius 1 is 1.37 bits per heavy atom. The number of aliphatic carboxylic acids is 1. The van der Waals surface area contributed by atoms with Gasteiger partial charge in [-0.2, -0.15) is 0 Å². The van der Waals surface area contributed by atoms with E-state index >= 15 is 0 Å². The Morgan fingerprint density at radius 3 is 2.47 bits per heavy atom. The zero-order valence-electron chi connectivity index (χ0n) is 10.8. The average molecular weight is 293 g/mol. The summed E-state index contributed by atoms with van der Waals surface area (Å²) in [4.78, 5) is 21.5. The molecule has 110 valence electrons. The van der Waals surface area contributed by atoms with Crippen molar-refractivity contribution < 1.29 is 27.9 Å². The molecule has 0 aromatic rings. The zero-order valence-corrected chi connectivity index (χ0v) is 11.7. The first-order valence-electron chi connectivity index (χ1n) is 6.05. The molecule has 0 saturated heterocycles. The second kappa shape index (κ2) is 6.33. The molecule has 0 bridgehead atoms. The lowest BCUT2D eigenvalue weighted by Gasteiger charge is -2.14. The van der Waals surface area contributed by atoms with Crippen molar-refractivity contribution in [3.63, 3.8) is 0 Å². The minimum absolute atomic E-state index is 0.0736. The Balaban J connectivity index is 2.38. The van der Waals surface area contributed by atoms with Gasteiger partial charge in [0.1, 0.15) is 0 Å². The number of carbonyl (C=O) groups excluding carboxylic acids is 1. The molecule has 0 amide bonds. The second-order valence-electron chi connectivity index (χ2n) is 4.90. The van der Waals surface area contributed by atoms with Crippen molar-refractivity contribution in [1.29, 1.82) is 0 Å². The minimum atomic E-state index is -3.48. The molecule has 1 rings (SSSR count). The standard InChI is InChI=1S/C11H19NO6S/c1-18-10(15)7-11(4-5-11)8-19(16,17)12-6-2-3-9(13)14/h12H,2-8H2,1H3,(H,13,14). The normalized spacial score (nSPS) is 16.9. The van der Waals surface area contributed by atoms with Crippen LogP contribution in [-0.2, 0) is 24.3 Å². The maximum absolute atomic E-state index is 11.8. The van der Waals surface area contributed by atoms with Crippen LogP contribution in [0.2, 0.25) is 0 Å². The molecular formula is C11H19NO6S. The third-order valence-electron chi connectivity index (χ3n) is 3.09. The van der Waals surface area contributed by atoms with Crippen LogP contribution in [0.25, 0.3) is 0 Å². The Bertz CT molecular complexity index is 440. The van der Waals surface area contributed by atoms with Gasteiger partial charge in [0.25, 0.3) is 0 Å². The highest BCUT2D eigenvalue weighted by Crippen LogP contribution is 2.49. The number of carbonyl (C=O) groups is 2. The number of methoxy groups -OCH3 is 1.